The fourth-order valence-electron chi connectivity index (χ4n) is 6.74. The first-order valence-electron chi connectivity index (χ1n) is 10.8. The summed E-state index contributed by atoms with van der Waals surface area (Å²) in [7, 11) is -5.71. The molecule has 4 atom stereocenters. The first-order chi connectivity index (χ1) is 15.2. The van der Waals surface area contributed by atoms with E-state index in [1.807, 2.05) is 29.1 Å². The van der Waals surface area contributed by atoms with E-state index in [1.54, 1.807) is 6.07 Å². The topological polar surface area (TPSA) is 52.6 Å². The highest BCUT2D eigenvalue weighted by molar-refractivity contribution is 14.1. The third kappa shape index (κ3) is 2.88. The lowest BCUT2D eigenvalue weighted by Gasteiger charge is -2.26. The van der Waals surface area contributed by atoms with Gasteiger partial charge in [0.1, 0.15) is 11.5 Å². The lowest BCUT2D eigenvalue weighted by atomic mass is 9.80. The maximum absolute atomic E-state index is 13.0. The zero-order valence-corrected chi connectivity index (χ0v) is 19.9. The smallest absolute Gasteiger partial charge is 0.427 e. The Morgan fingerprint density at radius 1 is 0.750 bits per heavy atom. The van der Waals surface area contributed by atoms with Gasteiger partial charge in [-0.2, -0.15) is 21.6 Å². The van der Waals surface area contributed by atoms with Crippen molar-refractivity contribution in [3.05, 3.63) is 46.5 Å². The SMILES string of the molecule is O=S(=O)(Oc1ccc(-c2ccc(OI)c3c2C2CCC3C2)c2c1C1CCC2C1)C(F)(F)F. The van der Waals surface area contributed by atoms with Crippen LogP contribution in [0, 0.1) is 0 Å². The number of hydrogen-bond acceptors (Lipinski definition) is 4. The predicted molar refractivity (Wildman–Crippen MR) is 121 cm³/mol. The Kier molecular flexibility index (Phi) is 4.61. The molecule has 2 saturated carbocycles. The van der Waals surface area contributed by atoms with Gasteiger partial charge in [-0.25, -0.2) is 0 Å². The Morgan fingerprint density at radius 3 is 1.66 bits per heavy atom. The Labute approximate surface area is 198 Å². The largest absolute Gasteiger partial charge is 0.534 e. The normalized spacial score (nSPS) is 27.5. The second-order valence-corrected chi connectivity index (χ2v) is 11.3. The molecule has 4 bridgehead atoms. The zero-order valence-electron chi connectivity index (χ0n) is 16.9. The van der Waals surface area contributed by atoms with E-state index in [1.165, 1.54) is 17.2 Å². The van der Waals surface area contributed by atoms with Crippen LogP contribution in [0.15, 0.2) is 24.3 Å². The molecule has 2 fully saturated rings. The lowest BCUT2D eigenvalue weighted by Crippen LogP contribution is -2.28. The maximum atomic E-state index is 13.0. The van der Waals surface area contributed by atoms with E-state index in [0.29, 0.717) is 17.4 Å². The summed E-state index contributed by atoms with van der Waals surface area (Å²) < 4.78 is 72.7. The molecule has 0 aromatic heterocycles. The second kappa shape index (κ2) is 7.01. The van der Waals surface area contributed by atoms with Crippen molar-refractivity contribution in [3.63, 3.8) is 0 Å². The van der Waals surface area contributed by atoms with Gasteiger partial charge < -0.3 is 7.25 Å². The number of fused-ring (bicyclic) bond motifs is 10. The van der Waals surface area contributed by atoms with Crippen molar-refractivity contribution in [1.29, 1.82) is 0 Å². The molecule has 0 heterocycles. The van der Waals surface area contributed by atoms with Crippen LogP contribution in [0.5, 0.6) is 11.5 Å². The van der Waals surface area contributed by atoms with Crippen molar-refractivity contribution >= 4 is 33.1 Å². The highest BCUT2D eigenvalue weighted by Gasteiger charge is 2.50. The molecule has 9 heteroatoms. The van der Waals surface area contributed by atoms with E-state index in [2.05, 4.69) is 10.2 Å². The number of alkyl halides is 3. The summed E-state index contributed by atoms with van der Waals surface area (Å²) >= 11 is 1.92. The Bertz CT molecular complexity index is 1240. The van der Waals surface area contributed by atoms with E-state index in [4.69, 9.17) is 3.07 Å². The lowest BCUT2D eigenvalue weighted by molar-refractivity contribution is -0.0500. The van der Waals surface area contributed by atoms with Gasteiger partial charge >= 0.3 is 15.6 Å². The first kappa shape index (κ1) is 21.1. The Hall–Kier alpha value is -1.49. The number of benzene rings is 2. The summed E-state index contributed by atoms with van der Waals surface area (Å²) in [4.78, 5) is 0. The van der Waals surface area contributed by atoms with Crippen LogP contribution in [0.3, 0.4) is 0 Å². The van der Waals surface area contributed by atoms with Crippen LogP contribution >= 0.6 is 23.0 Å². The quantitative estimate of drug-likeness (QED) is 0.223. The van der Waals surface area contributed by atoms with Gasteiger partial charge in [-0.1, -0.05) is 12.1 Å². The van der Waals surface area contributed by atoms with Gasteiger partial charge in [0.25, 0.3) is 0 Å². The van der Waals surface area contributed by atoms with Gasteiger partial charge in [0.05, 0.1) is 0 Å². The predicted octanol–water partition coefficient (Wildman–Crippen LogP) is 7.04. The molecule has 4 unspecified atom stereocenters. The summed E-state index contributed by atoms with van der Waals surface area (Å²) in [5.74, 6) is 1.94. The van der Waals surface area contributed by atoms with Crippen LogP contribution in [0.25, 0.3) is 11.1 Å². The molecule has 4 aliphatic carbocycles. The minimum atomic E-state index is -5.71. The van der Waals surface area contributed by atoms with Gasteiger partial charge in [0.2, 0.25) is 0 Å². The molecule has 0 amide bonds. The minimum Gasteiger partial charge on any atom is -0.427 e. The molecule has 0 radical (unpaired) electrons. The van der Waals surface area contributed by atoms with E-state index in [-0.39, 0.29) is 17.6 Å². The molecule has 0 saturated heterocycles. The molecule has 170 valence electrons. The summed E-state index contributed by atoms with van der Waals surface area (Å²) in [6.07, 6.45) is 6.03. The van der Waals surface area contributed by atoms with Crippen molar-refractivity contribution in [1.82, 2.24) is 0 Å². The standard InChI is InChI=1S/C23H20F3IO4S/c24-23(25,26)32(28,29)31-18-8-6-16(20-12-2-4-14(10-12)22(18)20)15-5-7-17(30-27)21-13-3-1-11(9-13)19(15)21/h5-8,11-14H,1-4,9-10H2. The summed E-state index contributed by atoms with van der Waals surface area (Å²) in [6.45, 7) is 0. The van der Waals surface area contributed by atoms with Gasteiger partial charge in [-0.15, -0.1) is 0 Å². The van der Waals surface area contributed by atoms with Crippen LogP contribution in [0.2, 0.25) is 0 Å². The van der Waals surface area contributed by atoms with Crippen LogP contribution in [-0.4, -0.2) is 13.9 Å². The second-order valence-electron chi connectivity index (χ2n) is 9.35. The summed E-state index contributed by atoms with van der Waals surface area (Å²) in [5, 5.41) is 0. The summed E-state index contributed by atoms with van der Waals surface area (Å²) in [6, 6.07) is 7.22. The van der Waals surface area contributed by atoms with Crippen LogP contribution in [0.1, 0.15) is 84.5 Å². The van der Waals surface area contributed by atoms with E-state index in [9.17, 15) is 21.6 Å². The highest BCUT2D eigenvalue weighted by atomic mass is 127. The van der Waals surface area contributed by atoms with Gasteiger partial charge in [0.15, 0.2) is 23.0 Å². The minimum absolute atomic E-state index is 0.0369. The van der Waals surface area contributed by atoms with Crippen molar-refractivity contribution in [2.24, 2.45) is 0 Å². The number of hydrogen-bond donors (Lipinski definition) is 0. The molecule has 0 aliphatic heterocycles. The third-order valence-electron chi connectivity index (χ3n) is 7.85. The number of halogens is 4. The average Bonchev–Trinajstić information content (AvgIpc) is 3.53. The van der Waals surface area contributed by atoms with Crippen molar-refractivity contribution in [3.8, 4) is 22.6 Å². The van der Waals surface area contributed by atoms with Gasteiger partial charge in [0, 0.05) is 11.1 Å². The molecule has 0 spiro atoms. The molecular formula is C23H20F3IO4S. The monoisotopic (exact) mass is 576 g/mol. The molecule has 6 rings (SSSR count). The van der Waals surface area contributed by atoms with Gasteiger partial charge in [-0.05, 0) is 96.6 Å². The maximum Gasteiger partial charge on any atom is 0.534 e. The zero-order chi connectivity index (χ0) is 22.4. The van der Waals surface area contributed by atoms with Crippen molar-refractivity contribution in [2.75, 3.05) is 0 Å². The molecule has 2 aromatic rings. The fourth-order valence-corrected chi connectivity index (χ4v) is 7.60. The Balaban J connectivity index is 1.53. The third-order valence-corrected chi connectivity index (χ3v) is 9.29. The molecule has 4 nitrogen and oxygen atoms in total. The first-order valence-corrected chi connectivity index (χ1v) is 13.1. The van der Waals surface area contributed by atoms with Gasteiger partial charge in [-0.3, -0.25) is 0 Å². The molecular weight excluding hydrogens is 556 g/mol. The molecule has 2 aromatic carbocycles. The number of rotatable bonds is 4. The summed E-state index contributed by atoms with van der Waals surface area (Å²) in [5.41, 5.74) is 0.862. The van der Waals surface area contributed by atoms with Crippen LogP contribution in [-0.2, 0) is 10.1 Å². The van der Waals surface area contributed by atoms with E-state index in [0.717, 1.165) is 61.0 Å². The molecule has 0 N–H and O–H groups in total. The van der Waals surface area contributed by atoms with Crippen LogP contribution in [0.4, 0.5) is 13.2 Å². The van der Waals surface area contributed by atoms with E-state index < -0.39 is 15.6 Å². The van der Waals surface area contributed by atoms with Crippen molar-refractivity contribution < 1.29 is 28.8 Å². The van der Waals surface area contributed by atoms with Crippen LogP contribution < -0.4 is 7.25 Å². The fraction of sp³-hybridized carbons (Fsp3) is 0.478. The average molecular weight is 576 g/mol. The van der Waals surface area contributed by atoms with Crippen molar-refractivity contribution in [2.45, 2.75) is 67.7 Å². The van der Waals surface area contributed by atoms with E-state index >= 15 is 0 Å². The molecule has 4 aliphatic rings. The molecule has 32 heavy (non-hydrogen) atoms. The Morgan fingerprint density at radius 2 is 1.19 bits per heavy atom. The highest BCUT2D eigenvalue weighted by Crippen LogP contribution is 2.62.